The molecule has 0 bridgehead atoms. The first-order chi connectivity index (χ1) is 8.16. The van der Waals surface area contributed by atoms with Crippen molar-refractivity contribution in [1.29, 1.82) is 0 Å². The summed E-state index contributed by atoms with van der Waals surface area (Å²) < 4.78 is 5.72. The first kappa shape index (κ1) is 12.6. The fourth-order valence-electron chi connectivity index (χ4n) is 2.14. The van der Waals surface area contributed by atoms with Crippen molar-refractivity contribution in [3.8, 4) is 0 Å². The minimum atomic E-state index is 0.294. The third-order valence-corrected chi connectivity index (χ3v) is 3.21. The van der Waals surface area contributed by atoms with Crippen LogP contribution in [-0.4, -0.2) is 36.3 Å². The van der Waals surface area contributed by atoms with E-state index < -0.39 is 0 Å². The molecule has 4 nitrogen and oxygen atoms in total. The van der Waals surface area contributed by atoms with Gasteiger partial charge in [-0.05, 0) is 37.8 Å². The van der Waals surface area contributed by atoms with Gasteiger partial charge in [0, 0.05) is 32.0 Å². The van der Waals surface area contributed by atoms with Gasteiger partial charge in [-0.25, -0.2) is 9.97 Å². The normalized spacial score (nSPS) is 20.3. The van der Waals surface area contributed by atoms with Crippen LogP contribution in [0.15, 0.2) is 6.20 Å². The third kappa shape index (κ3) is 3.30. The molecule has 1 saturated heterocycles. The second-order valence-electron chi connectivity index (χ2n) is 4.51. The van der Waals surface area contributed by atoms with Crippen LogP contribution in [0, 0.1) is 6.92 Å². The Labute approximate surface area is 107 Å². The minimum absolute atomic E-state index is 0.294. The molecular weight excluding hydrogens is 238 g/mol. The zero-order valence-corrected chi connectivity index (χ0v) is 11.1. The van der Waals surface area contributed by atoms with Gasteiger partial charge in [0.15, 0.2) is 0 Å². The van der Waals surface area contributed by atoms with E-state index in [4.69, 9.17) is 16.3 Å². The third-order valence-electron chi connectivity index (χ3n) is 3.03. The molecule has 0 aliphatic carbocycles. The molecule has 1 atom stereocenters. The predicted molar refractivity (Wildman–Crippen MR) is 68.6 cm³/mol. The molecule has 1 unspecified atom stereocenters. The molecule has 0 radical (unpaired) electrons. The smallest absolute Gasteiger partial charge is 0.224 e. The Bertz CT molecular complexity index is 380. The summed E-state index contributed by atoms with van der Waals surface area (Å²) in [6.45, 7) is 3.72. The molecule has 0 aromatic carbocycles. The van der Waals surface area contributed by atoms with Gasteiger partial charge in [0.05, 0.1) is 6.10 Å². The summed E-state index contributed by atoms with van der Waals surface area (Å²) in [6.07, 6.45) is 5.62. The Balaban J connectivity index is 2.02. The van der Waals surface area contributed by atoms with Crippen LogP contribution < -0.4 is 4.90 Å². The van der Waals surface area contributed by atoms with Gasteiger partial charge in [-0.2, -0.15) is 0 Å². The highest BCUT2D eigenvalue weighted by Gasteiger charge is 2.17. The number of likely N-dealkylation sites (N-methyl/N-ethyl adjacent to an activating group) is 1. The highest BCUT2D eigenvalue weighted by molar-refractivity contribution is 6.28. The first-order valence-corrected chi connectivity index (χ1v) is 6.36. The van der Waals surface area contributed by atoms with E-state index in [1.165, 1.54) is 12.8 Å². The molecule has 5 heteroatoms. The lowest BCUT2D eigenvalue weighted by Crippen LogP contribution is -2.34. The van der Waals surface area contributed by atoms with Crippen molar-refractivity contribution < 1.29 is 4.74 Å². The SMILES string of the molecule is Cc1cnc(Cl)nc1N(C)CC1CCCCO1. The van der Waals surface area contributed by atoms with Crippen LogP contribution >= 0.6 is 11.6 Å². The van der Waals surface area contributed by atoms with E-state index >= 15 is 0 Å². The molecule has 1 aromatic rings. The molecular formula is C12H18ClN3O. The van der Waals surface area contributed by atoms with Crippen LogP contribution in [-0.2, 0) is 4.74 Å². The van der Waals surface area contributed by atoms with Crippen LogP contribution in [0.1, 0.15) is 24.8 Å². The number of ether oxygens (including phenoxy) is 1. The average Bonchev–Trinajstić information content (AvgIpc) is 2.33. The standard InChI is InChI=1S/C12H18ClN3O/c1-9-7-14-12(13)15-11(9)16(2)8-10-5-3-4-6-17-10/h7,10H,3-6,8H2,1-2H3. The lowest BCUT2D eigenvalue weighted by atomic mass is 10.1. The summed E-state index contributed by atoms with van der Waals surface area (Å²) in [7, 11) is 2.02. The second-order valence-corrected chi connectivity index (χ2v) is 4.85. The molecule has 1 aliphatic rings. The predicted octanol–water partition coefficient (Wildman–Crippen LogP) is 2.44. The van der Waals surface area contributed by atoms with E-state index in [9.17, 15) is 0 Å². The van der Waals surface area contributed by atoms with Crippen molar-refractivity contribution in [3.63, 3.8) is 0 Å². The average molecular weight is 256 g/mol. The van der Waals surface area contributed by atoms with E-state index in [0.29, 0.717) is 11.4 Å². The summed E-state index contributed by atoms with van der Waals surface area (Å²) in [6, 6.07) is 0. The van der Waals surface area contributed by atoms with Crippen molar-refractivity contribution in [2.45, 2.75) is 32.3 Å². The molecule has 17 heavy (non-hydrogen) atoms. The molecule has 2 heterocycles. The van der Waals surface area contributed by atoms with E-state index in [2.05, 4.69) is 14.9 Å². The van der Waals surface area contributed by atoms with Gasteiger partial charge < -0.3 is 9.64 Å². The number of anilines is 1. The van der Waals surface area contributed by atoms with Gasteiger partial charge >= 0.3 is 0 Å². The number of nitrogens with zero attached hydrogens (tertiary/aromatic N) is 3. The van der Waals surface area contributed by atoms with Gasteiger partial charge in [-0.1, -0.05) is 0 Å². The number of aryl methyl sites for hydroxylation is 1. The monoisotopic (exact) mass is 255 g/mol. The molecule has 1 aromatic heterocycles. The first-order valence-electron chi connectivity index (χ1n) is 5.98. The summed E-state index contributed by atoms with van der Waals surface area (Å²) in [5.41, 5.74) is 1.03. The van der Waals surface area contributed by atoms with E-state index in [0.717, 1.165) is 31.0 Å². The quantitative estimate of drug-likeness (QED) is 0.778. The van der Waals surface area contributed by atoms with Crippen molar-refractivity contribution in [1.82, 2.24) is 9.97 Å². The molecule has 0 spiro atoms. The highest BCUT2D eigenvalue weighted by atomic mass is 35.5. The second kappa shape index (κ2) is 5.65. The maximum absolute atomic E-state index is 5.82. The van der Waals surface area contributed by atoms with Crippen LogP contribution in [0.25, 0.3) is 0 Å². The van der Waals surface area contributed by atoms with Crippen LogP contribution in [0.4, 0.5) is 5.82 Å². The lowest BCUT2D eigenvalue weighted by Gasteiger charge is -2.28. The Morgan fingerprint density at radius 3 is 3.06 bits per heavy atom. The van der Waals surface area contributed by atoms with E-state index in [1.54, 1.807) is 6.20 Å². The zero-order valence-electron chi connectivity index (χ0n) is 10.3. The molecule has 0 amide bonds. The van der Waals surface area contributed by atoms with Gasteiger partial charge in [0.2, 0.25) is 5.28 Å². The highest BCUT2D eigenvalue weighted by Crippen LogP contribution is 2.20. The molecule has 1 fully saturated rings. The minimum Gasteiger partial charge on any atom is -0.376 e. The molecule has 1 aliphatic heterocycles. The van der Waals surface area contributed by atoms with Crippen LogP contribution in [0.5, 0.6) is 0 Å². The largest absolute Gasteiger partial charge is 0.376 e. The Kier molecular flexibility index (Phi) is 4.18. The number of aromatic nitrogens is 2. The molecule has 0 saturated carbocycles. The molecule has 0 N–H and O–H groups in total. The van der Waals surface area contributed by atoms with Gasteiger partial charge in [-0.3, -0.25) is 0 Å². The summed E-state index contributed by atoms with van der Waals surface area (Å²) in [4.78, 5) is 10.3. The lowest BCUT2D eigenvalue weighted by molar-refractivity contribution is 0.0215. The van der Waals surface area contributed by atoms with Crippen LogP contribution in [0.2, 0.25) is 5.28 Å². The Morgan fingerprint density at radius 1 is 1.53 bits per heavy atom. The van der Waals surface area contributed by atoms with Gasteiger partial charge in [0.25, 0.3) is 0 Å². The summed E-state index contributed by atoms with van der Waals surface area (Å²) >= 11 is 5.82. The zero-order chi connectivity index (χ0) is 12.3. The van der Waals surface area contributed by atoms with Crippen LogP contribution in [0.3, 0.4) is 0 Å². The number of hydrogen-bond acceptors (Lipinski definition) is 4. The number of hydrogen-bond donors (Lipinski definition) is 0. The Hall–Kier alpha value is -0.870. The Morgan fingerprint density at radius 2 is 2.35 bits per heavy atom. The fourth-order valence-corrected chi connectivity index (χ4v) is 2.27. The molecule has 2 rings (SSSR count). The fraction of sp³-hybridized carbons (Fsp3) is 0.667. The van der Waals surface area contributed by atoms with Gasteiger partial charge in [-0.15, -0.1) is 0 Å². The van der Waals surface area contributed by atoms with Gasteiger partial charge in [0.1, 0.15) is 5.82 Å². The topological polar surface area (TPSA) is 38.2 Å². The van der Waals surface area contributed by atoms with Crippen molar-refractivity contribution in [2.24, 2.45) is 0 Å². The maximum Gasteiger partial charge on any atom is 0.224 e. The number of halogens is 1. The van der Waals surface area contributed by atoms with Crippen molar-refractivity contribution in [2.75, 3.05) is 25.1 Å². The van der Waals surface area contributed by atoms with Crippen molar-refractivity contribution in [3.05, 3.63) is 17.0 Å². The van der Waals surface area contributed by atoms with E-state index in [-0.39, 0.29) is 0 Å². The molecule has 94 valence electrons. The summed E-state index contributed by atoms with van der Waals surface area (Å²) in [5.74, 6) is 0.888. The number of rotatable bonds is 3. The maximum atomic E-state index is 5.82. The summed E-state index contributed by atoms with van der Waals surface area (Å²) in [5, 5.41) is 0.294. The van der Waals surface area contributed by atoms with E-state index in [1.807, 2.05) is 14.0 Å². The van der Waals surface area contributed by atoms with Crippen molar-refractivity contribution >= 4 is 17.4 Å².